The summed E-state index contributed by atoms with van der Waals surface area (Å²) < 4.78 is 0. The van der Waals surface area contributed by atoms with Crippen molar-refractivity contribution in [2.24, 2.45) is 0 Å². The Bertz CT molecular complexity index is 449. The van der Waals surface area contributed by atoms with E-state index in [1.807, 2.05) is 0 Å². The number of piperazine rings is 1. The lowest BCUT2D eigenvalue weighted by Gasteiger charge is -2.46. The van der Waals surface area contributed by atoms with E-state index in [2.05, 4.69) is 70.0 Å². The molecule has 0 aromatic heterocycles. The number of para-hydroxylation sites is 1. The first kappa shape index (κ1) is 14.4. The predicted octanol–water partition coefficient (Wildman–Crippen LogP) is 3.70. The van der Waals surface area contributed by atoms with Crippen molar-refractivity contribution >= 4 is 5.69 Å². The van der Waals surface area contributed by atoms with E-state index in [1.54, 1.807) is 0 Å². The molecule has 106 valence electrons. The van der Waals surface area contributed by atoms with Crippen LogP contribution in [0.3, 0.4) is 0 Å². The second-order valence-electron chi connectivity index (χ2n) is 6.91. The summed E-state index contributed by atoms with van der Waals surface area (Å²) in [6.45, 7) is 15.8. The zero-order valence-electron chi connectivity index (χ0n) is 13.2. The molecule has 1 aliphatic rings. The summed E-state index contributed by atoms with van der Waals surface area (Å²) in [6, 6.07) is 7.26. The van der Waals surface area contributed by atoms with E-state index in [0.717, 1.165) is 13.1 Å². The summed E-state index contributed by atoms with van der Waals surface area (Å²) in [7, 11) is 0. The molecule has 2 nitrogen and oxygen atoms in total. The summed E-state index contributed by atoms with van der Waals surface area (Å²) in [6.07, 6.45) is 0. The van der Waals surface area contributed by atoms with Crippen LogP contribution in [0.25, 0.3) is 0 Å². The Hall–Kier alpha value is -1.02. The molecular weight excluding hydrogens is 232 g/mol. The molecule has 19 heavy (non-hydrogen) atoms. The highest BCUT2D eigenvalue weighted by Crippen LogP contribution is 2.34. The molecule has 1 unspecified atom stereocenters. The maximum absolute atomic E-state index is 3.63. The van der Waals surface area contributed by atoms with Crippen molar-refractivity contribution in [3.63, 3.8) is 0 Å². The van der Waals surface area contributed by atoms with E-state index in [1.165, 1.54) is 16.8 Å². The molecule has 0 saturated carbocycles. The normalized spacial score (nSPS) is 22.9. The van der Waals surface area contributed by atoms with Gasteiger partial charge in [0.1, 0.15) is 0 Å². The minimum atomic E-state index is 0.184. The fraction of sp³-hybridized carbons (Fsp3) is 0.647. The van der Waals surface area contributed by atoms with Crippen molar-refractivity contribution in [3.8, 4) is 0 Å². The van der Waals surface area contributed by atoms with Crippen LogP contribution in [0.2, 0.25) is 0 Å². The number of anilines is 1. The average molecular weight is 260 g/mol. The van der Waals surface area contributed by atoms with Crippen molar-refractivity contribution in [1.82, 2.24) is 5.32 Å². The Morgan fingerprint density at radius 2 is 2.00 bits per heavy atom. The highest BCUT2D eigenvalue weighted by Gasteiger charge is 2.32. The molecule has 0 aliphatic carbocycles. The quantitative estimate of drug-likeness (QED) is 0.872. The molecule has 1 fully saturated rings. The lowest BCUT2D eigenvalue weighted by Crippen LogP contribution is -2.61. The van der Waals surface area contributed by atoms with Gasteiger partial charge in [0, 0.05) is 30.4 Å². The summed E-state index contributed by atoms with van der Waals surface area (Å²) >= 11 is 0. The molecule has 1 aliphatic heterocycles. The largest absolute Gasteiger partial charge is 0.365 e. The Balaban J connectivity index is 2.45. The minimum Gasteiger partial charge on any atom is -0.365 e. The standard InChI is InChI=1S/C17H28N2/c1-12(2)15-9-7-8-13(3)16(15)19-11-17(5,6)18-10-14(19)4/h7-9,12,14,18H,10-11H2,1-6H3. The molecule has 0 radical (unpaired) electrons. The number of benzene rings is 1. The van der Waals surface area contributed by atoms with Gasteiger partial charge in [-0.3, -0.25) is 0 Å². The summed E-state index contributed by atoms with van der Waals surface area (Å²) in [4.78, 5) is 2.60. The van der Waals surface area contributed by atoms with Crippen LogP contribution in [-0.4, -0.2) is 24.7 Å². The highest BCUT2D eigenvalue weighted by molar-refractivity contribution is 5.61. The first-order valence-electron chi connectivity index (χ1n) is 7.43. The van der Waals surface area contributed by atoms with Crippen LogP contribution in [0, 0.1) is 6.92 Å². The van der Waals surface area contributed by atoms with Crippen LogP contribution >= 0.6 is 0 Å². The minimum absolute atomic E-state index is 0.184. The number of nitrogens with one attached hydrogen (secondary N) is 1. The zero-order valence-corrected chi connectivity index (χ0v) is 13.2. The lowest BCUT2D eigenvalue weighted by atomic mass is 9.93. The van der Waals surface area contributed by atoms with E-state index < -0.39 is 0 Å². The van der Waals surface area contributed by atoms with E-state index >= 15 is 0 Å². The van der Waals surface area contributed by atoms with Crippen molar-refractivity contribution < 1.29 is 0 Å². The third kappa shape index (κ3) is 2.94. The Morgan fingerprint density at radius 3 is 2.63 bits per heavy atom. The van der Waals surface area contributed by atoms with Gasteiger partial charge in [0.2, 0.25) is 0 Å². The van der Waals surface area contributed by atoms with Crippen molar-refractivity contribution in [3.05, 3.63) is 29.3 Å². The number of aryl methyl sites for hydroxylation is 1. The van der Waals surface area contributed by atoms with Crippen LogP contribution in [0.5, 0.6) is 0 Å². The van der Waals surface area contributed by atoms with Gasteiger partial charge < -0.3 is 10.2 Å². The summed E-state index contributed by atoms with van der Waals surface area (Å²) in [5, 5.41) is 3.63. The first-order valence-corrected chi connectivity index (χ1v) is 7.43. The molecule has 1 saturated heterocycles. The Kier molecular flexibility index (Phi) is 3.91. The van der Waals surface area contributed by atoms with Crippen molar-refractivity contribution in [2.45, 2.75) is 59.0 Å². The SMILES string of the molecule is Cc1cccc(C(C)C)c1N1CC(C)(C)NCC1C. The molecule has 1 aromatic carbocycles. The van der Waals surface area contributed by atoms with Gasteiger partial charge in [-0.1, -0.05) is 32.0 Å². The van der Waals surface area contributed by atoms with Crippen LogP contribution in [0.1, 0.15) is 51.7 Å². The lowest BCUT2D eigenvalue weighted by molar-refractivity contribution is 0.317. The Labute approximate surface area is 118 Å². The third-order valence-electron chi connectivity index (χ3n) is 4.15. The molecule has 1 N–H and O–H groups in total. The predicted molar refractivity (Wildman–Crippen MR) is 84.2 cm³/mol. The van der Waals surface area contributed by atoms with Crippen LogP contribution in [-0.2, 0) is 0 Å². The maximum atomic E-state index is 3.63. The van der Waals surface area contributed by atoms with E-state index in [9.17, 15) is 0 Å². The molecule has 2 heteroatoms. The molecule has 2 rings (SSSR count). The fourth-order valence-electron chi connectivity index (χ4n) is 3.01. The molecule has 1 heterocycles. The fourth-order valence-corrected chi connectivity index (χ4v) is 3.01. The van der Waals surface area contributed by atoms with Gasteiger partial charge >= 0.3 is 0 Å². The second-order valence-corrected chi connectivity index (χ2v) is 6.91. The molecule has 0 spiro atoms. The van der Waals surface area contributed by atoms with E-state index in [-0.39, 0.29) is 5.54 Å². The molecule has 0 amide bonds. The van der Waals surface area contributed by atoms with Gasteiger partial charge in [-0.15, -0.1) is 0 Å². The highest BCUT2D eigenvalue weighted by atomic mass is 15.3. The van der Waals surface area contributed by atoms with Gasteiger partial charge in [0.25, 0.3) is 0 Å². The molecular formula is C17H28N2. The molecule has 1 aromatic rings. The summed E-state index contributed by atoms with van der Waals surface area (Å²) in [5.41, 5.74) is 4.52. The van der Waals surface area contributed by atoms with Crippen LogP contribution < -0.4 is 10.2 Å². The van der Waals surface area contributed by atoms with Crippen molar-refractivity contribution in [2.75, 3.05) is 18.0 Å². The number of rotatable bonds is 2. The molecule has 1 atom stereocenters. The van der Waals surface area contributed by atoms with Crippen molar-refractivity contribution in [1.29, 1.82) is 0 Å². The van der Waals surface area contributed by atoms with E-state index in [4.69, 9.17) is 0 Å². The van der Waals surface area contributed by atoms with Gasteiger partial charge in [-0.25, -0.2) is 0 Å². The average Bonchev–Trinajstić information content (AvgIpc) is 2.32. The smallest absolute Gasteiger partial charge is 0.0434 e. The van der Waals surface area contributed by atoms with Gasteiger partial charge in [-0.05, 0) is 44.7 Å². The number of hydrogen-bond donors (Lipinski definition) is 1. The van der Waals surface area contributed by atoms with E-state index in [0.29, 0.717) is 12.0 Å². The van der Waals surface area contributed by atoms with Crippen LogP contribution in [0.4, 0.5) is 5.69 Å². The zero-order chi connectivity index (χ0) is 14.2. The third-order valence-corrected chi connectivity index (χ3v) is 4.15. The van der Waals surface area contributed by atoms with Gasteiger partial charge in [-0.2, -0.15) is 0 Å². The number of nitrogens with zero attached hydrogens (tertiary/aromatic N) is 1. The second kappa shape index (κ2) is 5.16. The maximum Gasteiger partial charge on any atom is 0.0434 e. The molecule has 0 bridgehead atoms. The van der Waals surface area contributed by atoms with Crippen LogP contribution in [0.15, 0.2) is 18.2 Å². The van der Waals surface area contributed by atoms with Gasteiger partial charge in [0.15, 0.2) is 0 Å². The first-order chi connectivity index (χ1) is 8.82. The van der Waals surface area contributed by atoms with Gasteiger partial charge in [0.05, 0.1) is 0 Å². The summed E-state index contributed by atoms with van der Waals surface area (Å²) in [5.74, 6) is 0.570. The monoisotopic (exact) mass is 260 g/mol. The topological polar surface area (TPSA) is 15.3 Å². The Morgan fingerprint density at radius 1 is 1.32 bits per heavy atom. The number of hydrogen-bond acceptors (Lipinski definition) is 2.